The van der Waals surface area contributed by atoms with Gasteiger partial charge in [-0.15, -0.1) is 0 Å². The zero-order chi connectivity index (χ0) is 16.7. The van der Waals surface area contributed by atoms with Crippen LogP contribution in [-0.4, -0.2) is 12.4 Å². The Labute approximate surface area is 139 Å². The van der Waals surface area contributed by atoms with Gasteiger partial charge in [0.05, 0.1) is 0 Å². The van der Waals surface area contributed by atoms with E-state index in [2.05, 4.69) is 0 Å². The van der Waals surface area contributed by atoms with E-state index in [9.17, 15) is 9.59 Å². The second-order valence-electron chi connectivity index (χ2n) is 6.34. The van der Waals surface area contributed by atoms with Crippen LogP contribution < -0.4 is 10.4 Å². The molecule has 0 amide bonds. The minimum Gasteiger partial charge on any atom is -0.485 e. The van der Waals surface area contributed by atoms with E-state index in [4.69, 9.17) is 9.15 Å². The number of ether oxygens (including phenoxy) is 1. The van der Waals surface area contributed by atoms with Gasteiger partial charge in [-0.25, -0.2) is 4.79 Å². The predicted octanol–water partition coefficient (Wildman–Crippen LogP) is 3.79. The third kappa shape index (κ3) is 2.39. The summed E-state index contributed by atoms with van der Waals surface area (Å²) in [7, 11) is 0. The van der Waals surface area contributed by atoms with E-state index in [1.807, 2.05) is 30.3 Å². The van der Waals surface area contributed by atoms with Gasteiger partial charge < -0.3 is 9.15 Å². The highest BCUT2D eigenvalue weighted by molar-refractivity contribution is 6.07. The third-order valence-corrected chi connectivity index (χ3v) is 4.64. The average molecular weight is 322 g/mol. The zero-order valence-electron chi connectivity index (χ0n) is 13.6. The second kappa shape index (κ2) is 5.78. The van der Waals surface area contributed by atoms with E-state index in [1.54, 1.807) is 0 Å². The van der Waals surface area contributed by atoms with Crippen molar-refractivity contribution in [3.8, 4) is 5.75 Å². The Morgan fingerprint density at radius 1 is 1.04 bits per heavy atom. The molecule has 0 spiro atoms. The summed E-state index contributed by atoms with van der Waals surface area (Å²) in [6.07, 6.45) is 3.86. The number of fused-ring (bicyclic) bond motifs is 5. The summed E-state index contributed by atoms with van der Waals surface area (Å²) in [6, 6.07) is 9.61. The van der Waals surface area contributed by atoms with E-state index >= 15 is 0 Å². The molecule has 122 valence electrons. The SMILES string of the molecule is CC(=O)COc1cccc2c1ccc1c3c(c(=O)oc12)CCCC3. The van der Waals surface area contributed by atoms with Crippen LogP contribution in [0.4, 0.5) is 0 Å². The molecule has 0 bridgehead atoms. The Balaban J connectivity index is 1.98. The van der Waals surface area contributed by atoms with E-state index in [1.165, 1.54) is 6.92 Å². The van der Waals surface area contributed by atoms with E-state index in [-0.39, 0.29) is 18.0 Å². The number of hydrogen-bond donors (Lipinski definition) is 0. The fourth-order valence-electron chi connectivity index (χ4n) is 3.54. The molecule has 3 aromatic rings. The van der Waals surface area contributed by atoms with Crippen molar-refractivity contribution < 1.29 is 13.9 Å². The van der Waals surface area contributed by atoms with Crippen molar-refractivity contribution in [2.24, 2.45) is 0 Å². The van der Waals surface area contributed by atoms with Gasteiger partial charge in [0.2, 0.25) is 0 Å². The molecule has 0 fully saturated rings. The van der Waals surface area contributed by atoms with Gasteiger partial charge in [0, 0.05) is 21.7 Å². The lowest BCUT2D eigenvalue weighted by atomic mass is 9.90. The highest BCUT2D eigenvalue weighted by Gasteiger charge is 2.19. The molecule has 1 aliphatic carbocycles. The lowest BCUT2D eigenvalue weighted by Crippen LogP contribution is -2.15. The van der Waals surface area contributed by atoms with Crippen molar-refractivity contribution in [3.63, 3.8) is 0 Å². The molecule has 0 radical (unpaired) electrons. The largest absolute Gasteiger partial charge is 0.485 e. The summed E-state index contributed by atoms with van der Waals surface area (Å²) < 4.78 is 11.3. The Hall–Kier alpha value is -2.62. The maximum Gasteiger partial charge on any atom is 0.339 e. The first kappa shape index (κ1) is 14.9. The molecule has 1 aromatic heterocycles. The molecule has 0 saturated heterocycles. The van der Waals surface area contributed by atoms with Gasteiger partial charge in [0.1, 0.15) is 17.9 Å². The molecular formula is C20H18O4. The topological polar surface area (TPSA) is 56.5 Å². The third-order valence-electron chi connectivity index (χ3n) is 4.64. The van der Waals surface area contributed by atoms with E-state index in [0.29, 0.717) is 11.3 Å². The zero-order valence-corrected chi connectivity index (χ0v) is 13.6. The van der Waals surface area contributed by atoms with Crippen molar-refractivity contribution in [3.05, 3.63) is 51.9 Å². The monoisotopic (exact) mass is 322 g/mol. The van der Waals surface area contributed by atoms with Gasteiger partial charge in [0.15, 0.2) is 5.78 Å². The van der Waals surface area contributed by atoms with Crippen LogP contribution in [0.2, 0.25) is 0 Å². The van der Waals surface area contributed by atoms with Gasteiger partial charge in [0.25, 0.3) is 0 Å². The van der Waals surface area contributed by atoms with E-state index < -0.39 is 0 Å². The summed E-state index contributed by atoms with van der Waals surface area (Å²) in [5, 5.41) is 2.71. The molecular weight excluding hydrogens is 304 g/mol. The van der Waals surface area contributed by atoms with Crippen molar-refractivity contribution in [2.45, 2.75) is 32.6 Å². The minimum absolute atomic E-state index is 0.0330. The van der Waals surface area contributed by atoms with Crippen LogP contribution in [-0.2, 0) is 17.6 Å². The molecule has 1 aliphatic rings. The number of ketones is 1. The molecule has 4 heteroatoms. The first-order valence-electron chi connectivity index (χ1n) is 8.27. The second-order valence-corrected chi connectivity index (χ2v) is 6.34. The number of Topliss-reactive ketones (excluding diaryl/α,β-unsaturated/α-hetero) is 1. The first-order chi connectivity index (χ1) is 11.6. The molecule has 1 heterocycles. The number of carbonyl (C=O) groups excluding carboxylic acids is 1. The van der Waals surface area contributed by atoms with E-state index in [0.717, 1.165) is 53.0 Å². The molecule has 2 aromatic carbocycles. The standard InChI is InChI=1S/C20H18O4/c1-12(21)11-23-18-8-4-7-15-14(18)9-10-16-13-5-2-3-6-17(13)20(22)24-19(15)16/h4,7-10H,2-3,5-6,11H2,1H3. The van der Waals surface area contributed by atoms with Gasteiger partial charge >= 0.3 is 5.63 Å². The lowest BCUT2D eigenvalue weighted by Gasteiger charge is -2.17. The van der Waals surface area contributed by atoms with Gasteiger partial charge in [-0.2, -0.15) is 0 Å². The molecule has 0 atom stereocenters. The normalized spacial score (nSPS) is 13.9. The van der Waals surface area contributed by atoms with Crippen molar-refractivity contribution in [1.82, 2.24) is 0 Å². The van der Waals surface area contributed by atoms with Crippen molar-refractivity contribution in [2.75, 3.05) is 6.61 Å². The summed E-state index contributed by atoms with van der Waals surface area (Å²) in [6.45, 7) is 1.52. The van der Waals surface area contributed by atoms with Gasteiger partial charge in [-0.3, -0.25) is 4.79 Å². The minimum atomic E-state index is -0.222. The first-order valence-corrected chi connectivity index (χ1v) is 8.27. The maximum absolute atomic E-state index is 12.4. The van der Waals surface area contributed by atoms with Crippen LogP contribution in [0.5, 0.6) is 5.75 Å². The fourth-order valence-corrected chi connectivity index (χ4v) is 3.54. The fraction of sp³-hybridized carbons (Fsp3) is 0.300. The summed E-state index contributed by atoms with van der Waals surface area (Å²) in [5.74, 6) is 0.596. The molecule has 0 N–H and O–H groups in total. The smallest absolute Gasteiger partial charge is 0.339 e. The maximum atomic E-state index is 12.4. The molecule has 0 aliphatic heterocycles. The van der Waals surface area contributed by atoms with Crippen LogP contribution in [0.3, 0.4) is 0 Å². The molecule has 0 saturated carbocycles. The Bertz CT molecular complexity index is 1010. The number of aryl methyl sites for hydroxylation is 1. The average Bonchev–Trinajstić information content (AvgIpc) is 2.60. The van der Waals surface area contributed by atoms with Crippen LogP contribution in [0.25, 0.3) is 21.7 Å². The Morgan fingerprint density at radius 3 is 2.58 bits per heavy atom. The van der Waals surface area contributed by atoms with Crippen LogP contribution in [0.1, 0.15) is 30.9 Å². The van der Waals surface area contributed by atoms with Crippen molar-refractivity contribution in [1.29, 1.82) is 0 Å². The lowest BCUT2D eigenvalue weighted by molar-refractivity contribution is -0.118. The van der Waals surface area contributed by atoms with Crippen LogP contribution in [0, 0.1) is 0 Å². The molecule has 24 heavy (non-hydrogen) atoms. The van der Waals surface area contributed by atoms with Gasteiger partial charge in [-0.05, 0) is 50.3 Å². The summed E-state index contributed by atoms with van der Waals surface area (Å²) >= 11 is 0. The molecule has 4 rings (SSSR count). The highest BCUT2D eigenvalue weighted by Crippen LogP contribution is 2.34. The number of benzene rings is 2. The molecule has 4 nitrogen and oxygen atoms in total. The van der Waals surface area contributed by atoms with Crippen molar-refractivity contribution >= 4 is 27.5 Å². The Morgan fingerprint density at radius 2 is 1.79 bits per heavy atom. The highest BCUT2D eigenvalue weighted by atomic mass is 16.5. The molecule has 0 unspecified atom stereocenters. The number of rotatable bonds is 3. The van der Waals surface area contributed by atoms with Crippen LogP contribution in [0.15, 0.2) is 39.5 Å². The number of hydrogen-bond acceptors (Lipinski definition) is 4. The summed E-state index contributed by atoms with van der Waals surface area (Å²) in [5.41, 5.74) is 2.35. The predicted molar refractivity (Wildman–Crippen MR) is 92.8 cm³/mol. The summed E-state index contributed by atoms with van der Waals surface area (Å²) in [4.78, 5) is 23.6. The Kier molecular flexibility index (Phi) is 3.60. The quantitative estimate of drug-likeness (QED) is 0.544. The number of carbonyl (C=O) groups is 1. The van der Waals surface area contributed by atoms with Gasteiger partial charge in [-0.1, -0.05) is 18.2 Å². The van der Waals surface area contributed by atoms with Crippen LogP contribution >= 0.6 is 0 Å².